The van der Waals surface area contributed by atoms with Gasteiger partial charge in [0.1, 0.15) is 0 Å². The molecule has 0 saturated heterocycles. The Morgan fingerprint density at radius 1 is 1.17 bits per heavy atom. The Kier molecular flexibility index (Phi) is 5.68. The number of benzene rings is 1. The lowest BCUT2D eigenvalue weighted by Gasteiger charge is -2.34. The van der Waals surface area contributed by atoms with Crippen LogP contribution < -0.4 is 0 Å². The summed E-state index contributed by atoms with van der Waals surface area (Å²) in [6, 6.07) is 8.43. The predicted octanol–water partition coefficient (Wildman–Crippen LogP) is 3.62. The zero-order chi connectivity index (χ0) is 17.9. The van der Waals surface area contributed by atoms with Crippen molar-refractivity contribution in [2.75, 3.05) is 13.6 Å². The second-order valence-corrected chi connectivity index (χ2v) is 7.84. The van der Waals surface area contributed by atoms with E-state index in [4.69, 9.17) is 0 Å². The van der Waals surface area contributed by atoms with Crippen molar-refractivity contribution in [3.05, 3.63) is 35.4 Å². The summed E-state index contributed by atoms with van der Waals surface area (Å²) < 4.78 is 0. The molecule has 1 aromatic carbocycles. The third-order valence-corrected chi connectivity index (χ3v) is 5.21. The molecule has 132 valence electrons. The highest BCUT2D eigenvalue weighted by atomic mass is 16.4. The van der Waals surface area contributed by atoms with Crippen LogP contribution >= 0.6 is 0 Å². The number of aliphatic carboxylic acids is 1. The molecule has 2 atom stereocenters. The van der Waals surface area contributed by atoms with E-state index in [2.05, 4.69) is 45.0 Å². The van der Waals surface area contributed by atoms with Crippen molar-refractivity contribution in [2.24, 2.45) is 11.8 Å². The Morgan fingerprint density at radius 2 is 1.75 bits per heavy atom. The fraction of sp³-hybridized carbons (Fsp3) is 0.600. The van der Waals surface area contributed by atoms with E-state index >= 15 is 0 Å². The molecule has 0 aliphatic heterocycles. The number of carboxylic acid groups (broad SMARTS) is 1. The van der Waals surface area contributed by atoms with Crippen LogP contribution in [0.25, 0.3) is 0 Å². The molecule has 24 heavy (non-hydrogen) atoms. The van der Waals surface area contributed by atoms with Crippen molar-refractivity contribution in [3.63, 3.8) is 0 Å². The van der Waals surface area contributed by atoms with Gasteiger partial charge >= 0.3 is 5.97 Å². The number of likely N-dealkylation sites (N-methyl/N-ethyl adjacent to an activating group) is 1. The average Bonchev–Trinajstić information content (AvgIpc) is 2.54. The lowest BCUT2D eigenvalue weighted by Crippen LogP contribution is -2.42. The SMILES string of the molecule is Cc1ccc(C(C)(C)CN(C)C(=O)C2CCCC(C(=O)O)C2)cc1. The Balaban J connectivity index is 2.02. The van der Waals surface area contributed by atoms with Crippen LogP contribution in [0.15, 0.2) is 24.3 Å². The minimum absolute atomic E-state index is 0.0844. The first-order valence-electron chi connectivity index (χ1n) is 8.75. The molecule has 0 aromatic heterocycles. The maximum Gasteiger partial charge on any atom is 0.306 e. The second-order valence-electron chi connectivity index (χ2n) is 7.84. The van der Waals surface area contributed by atoms with Gasteiger partial charge in [-0.05, 0) is 31.7 Å². The molecule has 0 spiro atoms. The van der Waals surface area contributed by atoms with Gasteiger partial charge in [0, 0.05) is 24.9 Å². The fourth-order valence-electron chi connectivity index (χ4n) is 3.72. The average molecular weight is 331 g/mol. The first-order valence-corrected chi connectivity index (χ1v) is 8.75. The number of carbonyl (C=O) groups is 2. The minimum atomic E-state index is -0.768. The molecule has 0 heterocycles. The molecule has 2 rings (SSSR count). The van der Waals surface area contributed by atoms with Gasteiger partial charge in [0.25, 0.3) is 0 Å². The summed E-state index contributed by atoms with van der Waals surface area (Å²) in [4.78, 5) is 25.8. The largest absolute Gasteiger partial charge is 0.481 e. The number of hydrogen-bond donors (Lipinski definition) is 1. The highest BCUT2D eigenvalue weighted by Gasteiger charge is 2.34. The summed E-state index contributed by atoms with van der Waals surface area (Å²) in [5.41, 5.74) is 2.29. The Labute approximate surface area is 144 Å². The van der Waals surface area contributed by atoms with E-state index in [1.807, 2.05) is 7.05 Å². The van der Waals surface area contributed by atoms with Crippen molar-refractivity contribution < 1.29 is 14.7 Å². The maximum atomic E-state index is 12.8. The topological polar surface area (TPSA) is 57.6 Å². The van der Waals surface area contributed by atoms with Gasteiger partial charge in [0.15, 0.2) is 0 Å². The molecule has 1 aliphatic rings. The third kappa shape index (κ3) is 4.37. The van der Waals surface area contributed by atoms with Gasteiger partial charge in [-0.2, -0.15) is 0 Å². The molecule has 4 nitrogen and oxygen atoms in total. The number of nitrogens with zero attached hydrogens (tertiary/aromatic N) is 1. The van der Waals surface area contributed by atoms with E-state index in [1.165, 1.54) is 11.1 Å². The summed E-state index contributed by atoms with van der Waals surface area (Å²) in [7, 11) is 1.84. The number of amides is 1. The summed E-state index contributed by atoms with van der Waals surface area (Å²) >= 11 is 0. The molecule has 0 bridgehead atoms. The van der Waals surface area contributed by atoms with Crippen molar-refractivity contribution in [2.45, 2.75) is 51.9 Å². The molecule has 1 aromatic rings. The number of hydrogen-bond acceptors (Lipinski definition) is 2. The van der Waals surface area contributed by atoms with Crippen molar-refractivity contribution in [1.29, 1.82) is 0 Å². The molecular weight excluding hydrogens is 302 g/mol. The van der Waals surface area contributed by atoms with Gasteiger partial charge in [0.05, 0.1) is 5.92 Å². The minimum Gasteiger partial charge on any atom is -0.481 e. The number of rotatable bonds is 5. The molecule has 0 radical (unpaired) electrons. The molecular formula is C20H29NO3. The van der Waals surface area contributed by atoms with Gasteiger partial charge in [-0.15, -0.1) is 0 Å². The van der Waals surface area contributed by atoms with Gasteiger partial charge in [-0.3, -0.25) is 9.59 Å². The molecule has 1 aliphatic carbocycles. The third-order valence-electron chi connectivity index (χ3n) is 5.21. The van der Waals surface area contributed by atoms with Crippen LogP contribution in [0.4, 0.5) is 0 Å². The predicted molar refractivity (Wildman–Crippen MR) is 94.9 cm³/mol. The fourth-order valence-corrected chi connectivity index (χ4v) is 3.72. The van der Waals surface area contributed by atoms with Gasteiger partial charge in [-0.25, -0.2) is 0 Å². The summed E-state index contributed by atoms with van der Waals surface area (Å²) in [6.07, 6.45) is 2.79. The van der Waals surface area contributed by atoms with Crippen LogP contribution in [0, 0.1) is 18.8 Å². The van der Waals surface area contributed by atoms with Crippen LogP contribution in [-0.4, -0.2) is 35.5 Å². The summed E-state index contributed by atoms with van der Waals surface area (Å²) in [5, 5.41) is 9.21. The highest BCUT2D eigenvalue weighted by molar-refractivity contribution is 5.80. The summed E-state index contributed by atoms with van der Waals surface area (Å²) in [6.45, 7) is 6.97. The zero-order valence-electron chi connectivity index (χ0n) is 15.2. The quantitative estimate of drug-likeness (QED) is 0.896. The molecule has 1 fully saturated rings. The van der Waals surface area contributed by atoms with Crippen molar-refractivity contribution in [3.8, 4) is 0 Å². The van der Waals surface area contributed by atoms with E-state index in [0.717, 1.165) is 12.8 Å². The van der Waals surface area contributed by atoms with Gasteiger partial charge < -0.3 is 10.0 Å². The number of carboxylic acids is 1. The van der Waals surface area contributed by atoms with Crippen molar-refractivity contribution in [1.82, 2.24) is 4.90 Å². The van der Waals surface area contributed by atoms with E-state index < -0.39 is 5.97 Å². The van der Waals surface area contributed by atoms with E-state index in [0.29, 0.717) is 19.4 Å². The molecule has 2 unspecified atom stereocenters. The zero-order valence-corrected chi connectivity index (χ0v) is 15.2. The van der Waals surface area contributed by atoms with Crippen LogP contribution in [0.3, 0.4) is 0 Å². The molecule has 1 N–H and O–H groups in total. The van der Waals surface area contributed by atoms with Crippen molar-refractivity contribution >= 4 is 11.9 Å². The normalized spacial score (nSPS) is 21.3. The van der Waals surface area contributed by atoms with Crippen LogP contribution in [0.1, 0.15) is 50.7 Å². The molecule has 4 heteroatoms. The van der Waals surface area contributed by atoms with Crippen LogP contribution in [0.5, 0.6) is 0 Å². The smallest absolute Gasteiger partial charge is 0.306 e. The monoisotopic (exact) mass is 331 g/mol. The highest BCUT2D eigenvalue weighted by Crippen LogP contribution is 2.31. The first-order chi connectivity index (χ1) is 11.2. The van der Waals surface area contributed by atoms with E-state index in [1.54, 1.807) is 4.90 Å². The second kappa shape index (κ2) is 7.37. The van der Waals surface area contributed by atoms with Gasteiger partial charge in [-0.1, -0.05) is 50.1 Å². The molecule has 1 amide bonds. The van der Waals surface area contributed by atoms with Crippen LogP contribution in [-0.2, 0) is 15.0 Å². The first kappa shape index (κ1) is 18.5. The number of carbonyl (C=O) groups excluding carboxylic acids is 1. The Hall–Kier alpha value is -1.84. The van der Waals surface area contributed by atoms with E-state index in [-0.39, 0.29) is 23.2 Å². The lowest BCUT2D eigenvalue weighted by molar-refractivity contribution is -0.145. The van der Waals surface area contributed by atoms with E-state index in [9.17, 15) is 14.7 Å². The standard InChI is InChI=1S/C20H29NO3/c1-14-8-10-17(11-9-14)20(2,3)13-21(4)18(22)15-6-5-7-16(12-15)19(23)24/h8-11,15-16H,5-7,12-13H2,1-4H3,(H,23,24). The lowest BCUT2D eigenvalue weighted by atomic mass is 9.80. The Morgan fingerprint density at radius 3 is 2.33 bits per heavy atom. The van der Waals surface area contributed by atoms with Crippen LogP contribution in [0.2, 0.25) is 0 Å². The Bertz CT molecular complexity index is 591. The van der Waals surface area contributed by atoms with Gasteiger partial charge in [0.2, 0.25) is 5.91 Å². The summed E-state index contributed by atoms with van der Waals surface area (Å²) in [5.74, 6) is -1.21. The number of aryl methyl sites for hydroxylation is 1. The maximum absolute atomic E-state index is 12.8. The molecule has 1 saturated carbocycles.